The Hall–Kier alpha value is -2.88. The van der Waals surface area contributed by atoms with Gasteiger partial charge in [-0.2, -0.15) is 0 Å². The number of benzene rings is 2. The number of aromatic nitrogens is 4. The molecule has 4 heteroatoms. The fraction of sp³-hybridized carbons (Fsp3) is 0.158. The van der Waals surface area contributed by atoms with Crippen molar-refractivity contribution in [2.45, 2.75) is 19.0 Å². The Labute approximate surface area is 134 Å². The van der Waals surface area contributed by atoms with Gasteiger partial charge in [0.2, 0.25) is 0 Å². The molecule has 1 atom stereocenters. The van der Waals surface area contributed by atoms with E-state index in [1.165, 1.54) is 16.8 Å². The van der Waals surface area contributed by atoms with Crippen LogP contribution < -0.4 is 0 Å². The third kappa shape index (κ3) is 1.91. The molecule has 23 heavy (non-hydrogen) atoms. The van der Waals surface area contributed by atoms with Crippen molar-refractivity contribution in [3.8, 4) is 11.1 Å². The molecule has 3 heterocycles. The van der Waals surface area contributed by atoms with E-state index in [1.54, 1.807) is 0 Å². The summed E-state index contributed by atoms with van der Waals surface area (Å²) in [4.78, 5) is 0. The molecule has 1 aliphatic rings. The molecule has 0 fully saturated rings. The van der Waals surface area contributed by atoms with E-state index in [2.05, 4.69) is 68.2 Å². The number of hydrogen-bond acceptors (Lipinski definition) is 2. The highest BCUT2D eigenvalue weighted by Crippen LogP contribution is 2.35. The number of aryl methyl sites for hydroxylation is 1. The topological polar surface area (TPSA) is 35.6 Å². The molecule has 0 saturated carbocycles. The fourth-order valence-electron chi connectivity index (χ4n) is 3.57. The van der Waals surface area contributed by atoms with E-state index in [9.17, 15) is 0 Å². The summed E-state index contributed by atoms with van der Waals surface area (Å²) in [5, 5.41) is 8.72. The molecule has 2 aromatic heterocycles. The first-order chi connectivity index (χ1) is 11.4. The lowest BCUT2D eigenvalue weighted by Crippen LogP contribution is -2.09. The molecule has 4 nitrogen and oxygen atoms in total. The first-order valence-corrected chi connectivity index (χ1v) is 7.95. The zero-order valence-electron chi connectivity index (χ0n) is 12.6. The molecule has 1 unspecified atom stereocenters. The summed E-state index contributed by atoms with van der Waals surface area (Å²) in [5.74, 6) is 0. The summed E-state index contributed by atoms with van der Waals surface area (Å²) in [6.45, 7) is 1.03. The van der Waals surface area contributed by atoms with E-state index in [0.717, 1.165) is 24.0 Å². The smallest absolute Gasteiger partial charge is 0.113 e. The van der Waals surface area contributed by atoms with Gasteiger partial charge in [-0.3, -0.25) is 0 Å². The minimum Gasteiger partial charge on any atom is -0.349 e. The third-order valence-electron chi connectivity index (χ3n) is 4.69. The van der Waals surface area contributed by atoms with Crippen LogP contribution in [-0.4, -0.2) is 19.6 Å². The Morgan fingerprint density at radius 1 is 0.913 bits per heavy atom. The molecule has 5 rings (SSSR count). The lowest BCUT2D eigenvalue weighted by atomic mass is 10.1. The van der Waals surface area contributed by atoms with Gasteiger partial charge >= 0.3 is 0 Å². The molecular weight excluding hydrogens is 284 g/mol. The molecule has 0 saturated heterocycles. The molecule has 0 radical (unpaired) electrons. The van der Waals surface area contributed by atoms with Crippen LogP contribution in [-0.2, 0) is 6.54 Å². The van der Waals surface area contributed by atoms with Gasteiger partial charge < -0.3 is 4.57 Å². The van der Waals surface area contributed by atoms with Crippen molar-refractivity contribution in [2.75, 3.05) is 0 Å². The second-order valence-electron chi connectivity index (χ2n) is 6.04. The zero-order valence-corrected chi connectivity index (χ0v) is 12.6. The lowest BCUT2D eigenvalue weighted by molar-refractivity contribution is 0.517. The molecule has 0 aliphatic carbocycles. The minimum absolute atomic E-state index is 0.264. The van der Waals surface area contributed by atoms with Crippen molar-refractivity contribution in [3.05, 3.63) is 72.6 Å². The summed E-state index contributed by atoms with van der Waals surface area (Å²) >= 11 is 0. The van der Waals surface area contributed by atoms with E-state index in [4.69, 9.17) is 0 Å². The SMILES string of the molecule is c1ccc(-c2cc3n(c2)CCC3n2nnc3ccccc32)cc1. The summed E-state index contributed by atoms with van der Waals surface area (Å²) in [6, 6.07) is 21.3. The number of para-hydroxylation sites is 1. The predicted octanol–water partition coefficient (Wildman–Crippen LogP) is 3.89. The Bertz CT molecular complexity index is 981. The molecule has 2 aromatic carbocycles. The Kier molecular flexibility index (Phi) is 2.65. The average Bonchev–Trinajstić information content (AvgIpc) is 3.29. The highest BCUT2D eigenvalue weighted by atomic mass is 15.4. The maximum absolute atomic E-state index is 4.41. The average molecular weight is 300 g/mol. The van der Waals surface area contributed by atoms with Crippen LogP contribution in [0.4, 0.5) is 0 Å². The van der Waals surface area contributed by atoms with Crippen LogP contribution in [0.3, 0.4) is 0 Å². The van der Waals surface area contributed by atoms with Crippen LogP contribution in [0.1, 0.15) is 18.2 Å². The molecule has 4 aromatic rings. The Morgan fingerprint density at radius 2 is 1.74 bits per heavy atom. The predicted molar refractivity (Wildman–Crippen MR) is 90.2 cm³/mol. The van der Waals surface area contributed by atoms with Crippen molar-refractivity contribution in [1.29, 1.82) is 0 Å². The summed E-state index contributed by atoms with van der Waals surface area (Å²) < 4.78 is 4.42. The fourth-order valence-corrected chi connectivity index (χ4v) is 3.57. The van der Waals surface area contributed by atoms with Crippen LogP contribution in [0, 0.1) is 0 Å². The number of rotatable bonds is 2. The molecule has 0 spiro atoms. The summed E-state index contributed by atoms with van der Waals surface area (Å²) in [6.07, 6.45) is 3.32. The first kappa shape index (κ1) is 12.6. The van der Waals surface area contributed by atoms with Crippen LogP contribution >= 0.6 is 0 Å². The molecular formula is C19H16N4. The van der Waals surface area contributed by atoms with Crippen molar-refractivity contribution in [2.24, 2.45) is 0 Å². The maximum atomic E-state index is 4.41. The molecule has 1 aliphatic heterocycles. The van der Waals surface area contributed by atoms with Gasteiger partial charge in [0, 0.05) is 18.4 Å². The molecule has 0 N–H and O–H groups in total. The van der Waals surface area contributed by atoms with Crippen molar-refractivity contribution in [1.82, 2.24) is 19.6 Å². The van der Waals surface area contributed by atoms with Gasteiger partial charge in [0.05, 0.1) is 11.6 Å². The van der Waals surface area contributed by atoms with Crippen LogP contribution in [0.15, 0.2) is 66.9 Å². The van der Waals surface area contributed by atoms with Gasteiger partial charge in [-0.05, 0) is 35.7 Å². The van der Waals surface area contributed by atoms with Crippen LogP contribution in [0.5, 0.6) is 0 Å². The number of nitrogens with zero attached hydrogens (tertiary/aromatic N) is 4. The number of hydrogen-bond donors (Lipinski definition) is 0. The molecule has 0 amide bonds. The van der Waals surface area contributed by atoms with E-state index < -0.39 is 0 Å². The Balaban J connectivity index is 1.60. The van der Waals surface area contributed by atoms with Gasteiger partial charge in [0.25, 0.3) is 0 Å². The van der Waals surface area contributed by atoms with E-state index >= 15 is 0 Å². The van der Waals surface area contributed by atoms with Gasteiger partial charge in [-0.15, -0.1) is 5.10 Å². The molecule has 112 valence electrons. The van der Waals surface area contributed by atoms with Crippen molar-refractivity contribution >= 4 is 11.0 Å². The van der Waals surface area contributed by atoms with Gasteiger partial charge in [0.1, 0.15) is 5.52 Å². The van der Waals surface area contributed by atoms with E-state index in [-0.39, 0.29) is 6.04 Å². The third-order valence-corrected chi connectivity index (χ3v) is 4.69. The largest absolute Gasteiger partial charge is 0.349 e. The quantitative estimate of drug-likeness (QED) is 0.563. The van der Waals surface area contributed by atoms with Crippen LogP contribution in [0.25, 0.3) is 22.2 Å². The normalized spacial score (nSPS) is 16.8. The van der Waals surface area contributed by atoms with E-state index in [1.807, 2.05) is 18.2 Å². The highest BCUT2D eigenvalue weighted by molar-refractivity contribution is 5.74. The molecule has 0 bridgehead atoms. The van der Waals surface area contributed by atoms with Gasteiger partial charge in [-0.25, -0.2) is 4.68 Å². The first-order valence-electron chi connectivity index (χ1n) is 7.95. The van der Waals surface area contributed by atoms with Gasteiger partial charge in [-0.1, -0.05) is 47.7 Å². The van der Waals surface area contributed by atoms with Crippen molar-refractivity contribution in [3.63, 3.8) is 0 Å². The van der Waals surface area contributed by atoms with E-state index in [0.29, 0.717) is 0 Å². The number of fused-ring (bicyclic) bond motifs is 2. The monoisotopic (exact) mass is 300 g/mol. The summed E-state index contributed by atoms with van der Waals surface area (Å²) in [5.41, 5.74) is 5.92. The van der Waals surface area contributed by atoms with Crippen LogP contribution in [0.2, 0.25) is 0 Å². The standard InChI is InChI=1S/C19H16N4/c1-2-6-14(7-3-1)15-12-19-18(10-11-22(19)13-15)23-17-9-5-4-8-16(17)20-21-23/h1-9,12-13,18H,10-11H2. The van der Waals surface area contributed by atoms with Gasteiger partial charge in [0.15, 0.2) is 0 Å². The minimum atomic E-state index is 0.264. The zero-order chi connectivity index (χ0) is 15.2. The summed E-state index contributed by atoms with van der Waals surface area (Å²) in [7, 11) is 0. The second kappa shape index (κ2) is 4.81. The van der Waals surface area contributed by atoms with Crippen molar-refractivity contribution < 1.29 is 0 Å². The lowest BCUT2D eigenvalue weighted by Gasteiger charge is -2.10. The highest BCUT2D eigenvalue weighted by Gasteiger charge is 2.27. The Morgan fingerprint density at radius 3 is 2.65 bits per heavy atom. The second-order valence-corrected chi connectivity index (χ2v) is 6.04. The maximum Gasteiger partial charge on any atom is 0.113 e.